The second-order valence-corrected chi connectivity index (χ2v) is 8.02. The van der Waals surface area contributed by atoms with Crippen LogP contribution >= 0.6 is 0 Å². The van der Waals surface area contributed by atoms with Gasteiger partial charge >= 0.3 is 0 Å². The topological polar surface area (TPSA) is 102 Å². The van der Waals surface area contributed by atoms with Gasteiger partial charge in [0.15, 0.2) is 0 Å². The van der Waals surface area contributed by atoms with E-state index in [2.05, 4.69) is 15.7 Å². The first kappa shape index (κ1) is 20.8. The van der Waals surface area contributed by atoms with Crippen molar-refractivity contribution in [2.75, 3.05) is 5.32 Å². The van der Waals surface area contributed by atoms with E-state index in [-0.39, 0.29) is 23.9 Å². The fourth-order valence-corrected chi connectivity index (χ4v) is 3.84. The lowest BCUT2D eigenvalue weighted by atomic mass is 9.91. The molecular weight excluding hydrogens is 390 g/mol. The van der Waals surface area contributed by atoms with Gasteiger partial charge in [-0.25, -0.2) is 4.68 Å². The number of carbonyl (C=O) groups excluding carboxylic acids is 2. The number of rotatable bonds is 6. The van der Waals surface area contributed by atoms with Gasteiger partial charge < -0.3 is 16.4 Å². The molecule has 0 radical (unpaired) electrons. The van der Waals surface area contributed by atoms with Gasteiger partial charge in [-0.2, -0.15) is 5.10 Å². The highest BCUT2D eigenvalue weighted by Gasteiger charge is 2.20. The molecule has 2 amide bonds. The van der Waals surface area contributed by atoms with E-state index in [4.69, 9.17) is 5.73 Å². The van der Waals surface area contributed by atoms with Crippen LogP contribution in [0.15, 0.2) is 67.0 Å². The van der Waals surface area contributed by atoms with Gasteiger partial charge in [-0.3, -0.25) is 9.59 Å². The Labute approximate surface area is 181 Å². The predicted molar refractivity (Wildman–Crippen MR) is 120 cm³/mol. The van der Waals surface area contributed by atoms with E-state index in [0.717, 1.165) is 36.9 Å². The molecule has 4 N–H and O–H groups in total. The zero-order valence-electron chi connectivity index (χ0n) is 17.3. The van der Waals surface area contributed by atoms with Crippen molar-refractivity contribution in [3.05, 3.63) is 78.1 Å². The summed E-state index contributed by atoms with van der Waals surface area (Å²) in [6.45, 7) is 0. The van der Waals surface area contributed by atoms with Crippen LogP contribution in [0.5, 0.6) is 0 Å². The second-order valence-electron chi connectivity index (χ2n) is 8.02. The zero-order chi connectivity index (χ0) is 21.6. The number of carbonyl (C=O) groups is 2. The molecule has 0 unspecified atom stereocenters. The smallest absolute Gasteiger partial charge is 0.251 e. The molecule has 1 aliphatic carbocycles. The number of amides is 2. The van der Waals surface area contributed by atoms with Gasteiger partial charge in [0.2, 0.25) is 5.91 Å². The minimum atomic E-state index is -0.105. The van der Waals surface area contributed by atoms with E-state index in [1.807, 2.05) is 42.5 Å². The molecule has 2 aromatic carbocycles. The molecule has 4 rings (SSSR count). The third-order valence-corrected chi connectivity index (χ3v) is 5.55. The van der Waals surface area contributed by atoms with Crippen LogP contribution in [-0.2, 0) is 11.2 Å². The average Bonchev–Trinajstić information content (AvgIpc) is 3.24. The number of anilines is 1. The average molecular weight is 418 g/mol. The number of nitrogens with one attached hydrogen (secondary N) is 2. The highest BCUT2D eigenvalue weighted by molar-refractivity contribution is 5.95. The molecule has 160 valence electrons. The van der Waals surface area contributed by atoms with Gasteiger partial charge in [0.05, 0.1) is 30.2 Å². The molecule has 31 heavy (non-hydrogen) atoms. The number of hydrogen-bond donors (Lipinski definition) is 3. The van der Waals surface area contributed by atoms with Crippen LogP contribution in [0.1, 0.15) is 41.6 Å². The number of aromatic nitrogens is 2. The molecule has 0 aliphatic heterocycles. The molecule has 1 heterocycles. The van der Waals surface area contributed by atoms with Gasteiger partial charge in [-0.1, -0.05) is 36.4 Å². The summed E-state index contributed by atoms with van der Waals surface area (Å²) in [7, 11) is 0. The van der Waals surface area contributed by atoms with Crippen molar-refractivity contribution in [3.63, 3.8) is 0 Å². The second kappa shape index (κ2) is 9.57. The molecule has 3 aromatic rings. The van der Waals surface area contributed by atoms with E-state index in [0.29, 0.717) is 17.7 Å². The Morgan fingerprint density at radius 2 is 1.81 bits per heavy atom. The number of nitrogens with zero attached hydrogens (tertiary/aromatic N) is 2. The molecule has 0 saturated heterocycles. The molecule has 1 aliphatic rings. The Kier molecular flexibility index (Phi) is 6.43. The summed E-state index contributed by atoms with van der Waals surface area (Å²) in [4.78, 5) is 24.9. The van der Waals surface area contributed by atoms with Crippen LogP contribution < -0.4 is 16.4 Å². The fraction of sp³-hybridized carbons (Fsp3) is 0.292. The Morgan fingerprint density at radius 1 is 1.03 bits per heavy atom. The van der Waals surface area contributed by atoms with Crippen LogP contribution in [0, 0.1) is 0 Å². The first-order valence-electron chi connectivity index (χ1n) is 10.6. The van der Waals surface area contributed by atoms with E-state index in [9.17, 15) is 9.59 Å². The summed E-state index contributed by atoms with van der Waals surface area (Å²) in [6.07, 6.45) is 7.35. The minimum absolute atomic E-state index is 0.0918. The van der Waals surface area contributed by atoms with Crippen molar-refractivity contribution < 1.29 is 9.59 Å². The predicted octanol–water partition coefficient (Wildman–Crippen LogP) is 3.05. The maximum Gasteiger partial charge on any atom is 0.251 e. The SMILES string of the molecule is NC1CCC(NC(=O)c2cccc(-n3cc(NC(=O)Cc4ccccc4)cn3)c2)CC1. The molecule has 1 saturated carbocycles. The summed E-state index contributed by atoms with van der Waals surface area (Å²) in [5.41, 5.74) is 8.83. The summed E-state index contributed by atoms with van der Waals surface area (Å²) >= 11 is 0. The Morgan fingerprint density at radius 3 is 2.58 bits per heavy atom. The molecule has 0 spiro atoms. The van der Waals surface area contributed by atoms with Crippen molar-refractivity contribution >= 4 is 17.5 Å². The van der Waals surface area contributed by atoms with Crippen LogP contribution in [0.4, 0.5) is 5.69 Å². The van der Waals surface area contributed by atoms with E-state index in [1.165, 1.54) is 0 Å². The van der Waals surface area contributed by atoms with Gasteiger partial charge in [0, 0.05) is 17.6 Å². The zero-order valence-corrected chi connectivity index (χ0v) is 17.3. The van der Waals surface area contributed by atoms with Crippen molar-refractivity contribution in [2.24, 2.45) is 5.73 Å². The largest absolute Gasteiger partial charge is 0.349 e. The minimum Gasteiger partial charge on any atom is -0.349 e. The van der Waals surface area contributed by atoms with E-state index >= 15 is 0 Å². The van der Waals surface area contributed by atoms with Crippen LogP contribution in [0.25, 0.3) is 5.69 Å². The van der Waals surface area contributed by atoms with Crippen molar-refractivity contribution in [2.45, 2.75) is 44.2 Å². The van der Waals surface area contributed by atoms with Gasteiger partial charge in [-0.05, 0) is 49.4 Å². The summed E-state index contributed by atoms with van der Waals surface area (Å²) in [5.74, 6) is -0.197. The third kappa shape index (κ3) is 5.58. The van der Waals surface area contributed by atoms with Gasteiger partial charge in [0.25, 0.3) is 5.91 Å². The highest BCUT2D eigenvalue weighted by atomic mass is 16.2. The van der Waals surface area contributed by atoms with E-state index in [1.54, 1.807) is 29.2 Å². The number of nitrogens with two attached hydrogens (primary N) is 1. The number of benzene rings is 2. The monoisotopic (exact) mass is 417 g/mol. The molecule has 0 atom stereocenters. The van der Waals surface area contributed by atoms with Gasteiger partial charge in [0.1, 0.15) is 0 Å². The standard InChI is InChI=1S/C24H27N5O2/c25-19-9-11-20(12-10-19)28-24(31)18-7-4-8-22(14-18)29-16-21(15-26-29)27-23(30)13-17-5-2-1-3-6-17/h1-8,14-16,19-20H,9-13,25H2,(H,27,30)(H,28,31). The lowest BCUT2D eigenvalue weighted by Crippen LogP contribution is -2.40. The number of hydrogen-bond acceptors (Lipinski definition) is 4. The molecule has 1 aromatic heterocycles. The fourth-order valence-electron chi connectivity index (χ4n) is 3.84. The summed E-state index contributed by atoms with van der Waals surface area (Å²) in [5, 5.41) is 10.3. The summed E-state index contributed by atoms with van der Waals surface area (Å²) < 4.78 is 1.65. The van der Waals surface area contributed by atoms with Crippen molar-refractivity contribution in [3.8, 4) is 5.69 Å². The van der Waals surface area contributed by atoms with Crippen LogP contribution in [0.3, 0.4) is 0 Å². The first-order valence-corrected chi connectivity index (χ1v) is 10.6. The quantitative estimate of drug-likeness (QED) is 0.574. The Hall–Kier alpha value is -3.45. The molecule has 0 bridgehead atoms. The summed E-state index contributed by atoms with van der Waals surface area (Å²) in [6, 6.07) is 17.3. The van der Waals surface area contributed by atoms with Crippen LogP contribution in [-0.4, -0.2) is 33.7 Å². The molecule has 7 nitrogen and oxygen atoms in total. The maximum atomic E-state index is 12.7. The lowest BCUT2D eigenvalue weighted by molar-refractivity contribution is -0.115. The molecule has 7 heteroatoms. The maximum absolute atomic E-state index is 12.7. The third-order valence-electron chi connectivity index (χ3n) is 5.55. The Balaban J connectivity index is 1.38. The Bertz CT molecular complexity index is 1040. The van der Waals surface area contributed by atoms with Crippen molar-refractivity contribution in [1.29, 1.82) is 0 Å². The van der Waals surface area contributed by atoms with E-state index < -0.39 is 0 Å². The lowest BCUT2D eigenvalue weighted by Gasteiger charge is -2.26. The van der Waals surface area contributed by atoms with Crippen molar-refractivity contribution in [1.82, 2.24) is 15.1 Å². The molecule has 1 fully saturated rings. The first-order chi connectivity index (χ1) is 15.1. The normalized spacial score (nSPS) is 18.4. The van der Waals surface area contributed by atoms with Crippen LogP contribution in [0.2, 0.25) is 0 Å². The highest BCUT2D eigenvalue weighted by Crippen LogP contribution is 2.18. The van der Waals surface area contributed by atoms with Gasteiger partial charge in [-0.15, -0.1) is 0 Å². The molecular formula is C24H27N5O2.